The van der Waals surface area contributed by atoms with Crippen LogP contribution in [0.5, 0.6) is 5.75 Å². The van der Waals surface area contributed by atoms with Gasteiger partial charge in [-0.15, -0.1) is 0 Å². The molecule has 1 aliphatic carbocycles. The van der Waals surface area contributed by atoms with Gasteiger partial charge in [0, 0.05) is 23.1 Å². The molecule has 2 fully saturated rings. The lowest BCUT2D eigenvalue weighted by Gasteiger charge is -2.19. The fourth-order valence-corrected chi connectivity index (χ4v) is 4.49. The molecule has 1 saturated carbocycles. The second-order valence-corrected chi connectivity index (χ2v) is 7.22. The maximum atomic E-state index is 12.6. The Morgan fingerprint density at radius 1 is 1.16 bits per heavy atom. The van der Waals surface area contributed by atoms with Gasteiger partial charge in [0.05, 0.1) is 18.9 Å². The molecule has 2 heterocycles. The zero-order valence-corrected chi connectivity index (χ0v) is 14.8. The molecular weight excluding hydrogens is 316 g/mol. The number of hydrogen-bond acceptors (Lipinski definition) is 3. The lowest BCUT2D eigenvalue weighted by molar-refractivity contribution is -0.139. The van der Waals surface area contributed by atoms with Gasteiger partial charge in [-0.2, -0.15) is 0 Å². The predicted octanol–water partition coefficient (Wildman–Crippen LogP) is 3.20. The Hall–Kier alpha value is -2.30. The average Bonchev–Trinajstić information content (AvgIpc) is 3.07. The normalized spacial score (nSPS) is 23.4. The summed E-state index contributed by atoms with van der Waals surface area (Å²) in [5.74, 6) is 0.775. The summed E-state index contributed by atoms with van der Waals surface area (Å²) in [6, 6.07) is 5.95. The van der Waals surface area contributed by atoms with E-state index in [0.717, 1.165) is 53.6 Å². The molecule has 5 nitrogen and oxygen atoms in total. The first-order valence-corrected chi connectivity index (χ1v) is 9.10. The molecule has 1 aromatic heterocycles. The summed E-state index contributed by atoms with van der Waals surface area (Å²) >= 11 is 0. The summed E-state index contributed by atoms with van der Waals surface area (Å²) in [4.78, 5) is 30.2. The van der Waals surface area contributed by atoms with Crippen LogP contribution in [0.25, 0.3) is 10.9 Å². The summed E-state index contributed by atoms with van der Waals surface area (Å²) in [7, 11) is 1.66. The number of aryl methyl sites for hydroxylation is 1. The van der Waals surface area contributed by atoms with Gasteiger partial charge in [0.1, 0.15) is 5.75 Å². The van der Waals surface area contributed by atoms with Gasteiger partial charge in [-0.1, -0.05) is 12.8 Å². The van der Waals surface area contributed by atoms with E-state index in [-0.39, 0.29) is 23.7 Å². The minimum atomic E-state index is -0.0644. The van der Waals surface area contributed by atoms with Crippen LogP contribution < -0.4 is 4.74 Å². The molecule has 0 unspecified atom stereocenters. The average molecular weight is 340 g/mol. The molecule has 0 spiro atoms. The molecular formula is C20H24N2O3. The quantitative estimate of drug-likeness (QED) is 0.870. The van der Waals surface area contributed by atoms with Crippen molar-refractivity contribution < 1.29 is 14.3 Å². The molecule has 1 aliphatic heterocycles. The Morgan fingerprint density at radius 2 is 1.84 bits per heavy atom. The van der Waals surface area contributed by atoms with Crippen LogP contribution in [0.4, 0.5) is 0 Å². The van der Waals surface area contributed by atoms with Crippen LogP contribution in [0.1, 0.15) is 36.9 Å². The second-order valence-electron chi connectivity index (χ2n) is 7.22. The van der Waals surface area contributed by atoms with Gasteiger partial charge >= 0.3 is 0 Å². The van der Waals surface area contributed by atoms with Crippen LogP contribution in [0.15, 0.2) is 18.2 Å². The van der Waals surface area contributed by atoms with Crippen LogP contribution >= 0.6 is 0 Å². The van der Waals surface area contributed by atoms with E-state index in [1.54, 1.807) is 7.11 Å². The summed E-state index contributed by atoms with van der Waals surface area (Å²) in [5.41, 5.74) is 3.30. The molecule has 2 amide bonds. The maximum absolute atomic E-state index is 12.6. The first-order valence-electron chi connectivity index (χ1n) is 9.10. The molecule has 4 rings (SSSR count). The van der Waals surface area contributed by atoms with E-state index in [9.17, 15) is 9.59 Å². The number of carbonyl (C=O) groups excluding carboxylic acids is 2. The number of likely N-dealkylation sites (tertiary alicyclic amines) is 1. The van der Waals surface area contributed by atoms with E-state index >= 15 is 0 Å². The smallest absolute Gasteiger partial charge is 0.233 e. The SMILES string of the molecule is COc1ccc2[nH]c(C)c(CCN3C(=O)[C@@H]4CCCC[C@H]4C3=O)c2c1. The Bertz CT molecular complexity index is 815. The topological polar surface area (TPSA) is 62.4 Å². The van der Waals surface area contributed by atoms with Crippen molar-refractivity contribution in [3.63, 3.8) is 0 Å². The van der Waals surface area contributed by atoms with Crippen LogP contribution in [-0.4, -0.2) is 35.4 Å². The zero-order valence-electron chi connectivity index (χ0n) is 14.8. The summed E-state index contributed by atoms with van der Waals surface area (Å²) in [6.45, 7) is 2.50. The van der Waals surface area contributed by atoms with Crippen LogP contribution in [-0.2, 0) is 16.0 Å². The summed E-state index contributed by atoms with van der Waals surface area (Å²) in [5, 5.41) is 1.10. The molecule has 0 bridgehead atoms. The van der Waals surface area contributed by atoms with Crippen molar-refractivity contribution >= 4 is 22.7 Å². The molecule has 25 heavy (non-hydrogen) atoms. The van der Waals surface area contributed by atoms with Crippen molar-refractivity contribution in [3.8, 4) is 5.75 Å². The highest BCUT2D eigenvalue weighted by Gasteiger charge is 2.47. The van der Waals surface area contributed by atoms with Gasteiger partial charge in [-0.3, -0.25) is 14.5 Å². The predicted molar refractivity (Wildman–Crippen MR) is 95.5 cm³/mol. The fourth-order valence-electron chi connectivity index (χ4n) is 4.49. The number of imide groups is 1. The van der Waals surface area contributed by atoms with Crippen LogP contribution in [0, 0.1) is 18.8 Å². The third-order valence-corrected chi connectivity index (χ3v) is 5.84. The number of ether oxygens (including phenoxy) is 1. The Kier molecular flexibility index (Phi) is 4.02. The standard InChI is InChI=1S/C20H24N2O3/c1-12-14(17-11-13(25-2)7-8-18(17)21-12)9-10-22-19(23)15-5-3-4-6-16(15)20(22)24/h7-8,11,15-16,21H,3-6,9-10H2,1-2H3/t15-,16-/m1/s1. The van der Waals surface area contributed by atoms with Crippen LogP contribution in [0.2, 0.25) is 0 Å². The minimum absolute atomic E-state index is 0.0461. The van der Waals surface area contributed by atoms with E-state index in [1.807, 2.05) is 25.1 Å². The van der Waals surface area contributed by atoms with Crippen molar-refractivity contribution in [1.29, 1.82) is 0 Å². The number of aromatic amines is 1. The zero-order chi connectivity index (χ0) is 17.6. The second kappa shape index (κ2) is 6.21. The number of hydrogen-bond donors (Lipinski definition) is 1. The first kappa shape index (κ1) is 16.2. The fraction of sp³-hybridized carbons (Fsp3) is 0.500. The number of carbonyl (C=O) groups is 2. The Labute approximate surface area is 147 Å². The highest BCUT2D eigenvalue weighted by atomic mass is 16.5. The summed E-state index contributed by atoms with van der Waals surface area (Å²) in [6.07, 6.45) is 4.55. The largest absolute Gasteiger partial charge is 0.497 e. The number of fused-ring (bicyclic) bond motifs is 2. The first-order chi connectivity index (χ1) is 12.1. The molecule has 0 radical (unpaired) electrons. The molecule has 132 valence electrons. The van der Waals surface area contributed by atoms with Gasteiger partial charge in [-0.25, -0.2) is 0 Å². The molecule has 2 aromatic rings. The van der Waals surface area contributed by atoms with Crippen molar-refractivity contribution in [2.24, 2.45) is 11.8 Å². The van der Waals surface area contributed by atoms with Gasteiger partial charge in [0.15, 0.2) is 0 Å². The molecule has 2 atom stereocenters. The van der Waals surface area contributed by atoms with Gasteiger partial charge < -0.3 is 9.72 Å². The highest BCUT2D eigenvalue weighted by molar-refractivity contribution is 6.05. The van der Waals surface area contributed by atoms with Gasteiger partial charge in [0.2, 0.25) is 11.8 Å². The number of nitrogens with zero attached hydrogens (tertiary/aromatic N) is 1. The monoisotopic (exact) mass is 340 g/mol. The van der Waals surface area contributed by atoms with Gasteiger partial charge in [0.25, 0.3) is 0 Å². The number of amides is 2. The van der Waals surface area contributed by atoms with Gasteiger partial charge in [-0.05, 0) is 49.9 Å². The third kappa shape index (κ3) is 2.62. The van der Waals surface area contributed by atoms with E-state index in [2.05, 4.69) is 4.98 Å². The van der Waals surface area contributed by atoms with E-state index < -0.39 is 0 Å². The maximum Gasteiger partial charge on any atom is 0.233 e. The minimum Gasteiger partial charge on any atom is -0.497 e. The Balaban J connectivity index is 1.57. The number of aromatic nitrogens is 1. The van der Waals surface area contributed by atoms with E-state index in [1.165, 1.54) is 4.90 Å². The third-order valence-electron chi connectivity index (χ3n) is 5.84. The lowest BCUT2D eigenvalue weighted by Crippen LogP contribution is -2.33. The van der Waals surface area contributed by atoms with E-state index in [4.69, 9.17) is 4.74 Å². The lowest BCUT2D eigenvalue weighted by atomic mass is 9.81. The number of rotatable bonds is 4. The van der Waals surface area contributed by atoms with E-state index in [0.29, 0.717) is 13.0 Å². The number of nitrogens with one attached hydrogen (secondary N) is 1. The number of methoxy groups -OCH3 is 1. The van der Waals surface area contributed by atoms with Crippen molar-refractivity contribution in [3.05, 3.63) is 29.5 Å². The number of benzene rings is 1. The van der Waals surface area contributed by atoms with Crippen molar-refractivity contribution in [2.45, 2.75) is 39.0 Å². The van der Waals surface area contributed by atoms with Crippen LogP contribution in [0.3, 0.4) is 0 Å². The Morgan fingerprint density at radius 3 is 2.48 bits per heavy atom. The van der Waals surface area contributed by atoms with Crippen molar-refractivity contribution in [1.82, 2.24) is 9.88 Å². The number of H-pyrrole nitrogens is 1. The highest BCUT2D eigenvalue weighted by Crippen LogP contribution is 2.38. The van der Waals surface area contributed by atoms with Crippen molar-refractivity contribution in [2.75, 3.05) is 13.7 Å². The molecule has 5 heteroatoms. The molecule has 1 aromatic carbocycles. The molecule has 2 aliphatic rings. The molecule has 1 saturated heterocycles. The molecule has 1 N–H and O–H groups in total. The summed E-state index contributed by atoms with van der Waals surface area (Å²) < 4.78 is 5.33.